The Morgan fingerprint density at radius 1 is 1.04 bits per heavy atom. The lowest BCUT2D eigenvalue weighted by atomic mass is 9.98. The lowest BCUT2D eigenvalue weighted by Gasteiger charge is -2.31. The minimum atomic E-state index is -0.450. The molecule has 1 aliphatic carbocycles. The van der Waals surface area contributed by atoms with Crippen molar-refractivity contribution in [3.63, 3.8) is 0 Å². The first-order valence-corrected chi connectivity index (χ1v) is 9.91. The molecule has 1 aliphatic heterocycles. The van der Waals surface area contributed by atoms with Crippen molar-refractivity contribution in [3.05, 3.63) is 45.7 Å². The van der Waals surface area contributed by atoms with E-state index in [0.717, 1.165) is 22.9 Å². The number of nitrogens with zero attached hydrogens (tertiary/aromatic N) is 3. The van der Waals surface area contributed by atoms with E-state index in [9.17, 15) is 9.18 Å². The molecule has 4 nitrogen and oxygen atoms in total. The van der Waals surface area contributed by atoms with Crippen molar-refractivity contribution in [1.29, 1.82) is 0 Å². The molecule has 2 fully saturated rings. The Labute approximate surface area is 151 Å². The Hall–Kier alpha value is -1.82. The minimum Gasteiger partial charge on any atom is -0.338 e. The summed E-state index contributed by atoms with van der Waals surface area (Å²) >= 11 is 1.72. The molecule has 2 aliphatic rings. The van der Waals surface area contributed by atoms with Crippen molar-refractivity contribution in [2.24, 2.45) is 0 Å². The lowest BCUT2D eigenvalue weighted by Crippen LogP contribution is -2.39. The number of likely N-dealkylation sites (tertiary alicyclic amines) is 1. The molecule has 1 aromatic heterocycles. The van der Waals surface area contributed by atoms with E-state index in [2.05, 4.69) is 10.2 Å². The molecule has 1 saturated carbocycles. The van der Waals surface area contributed by atoms with Gasteiger partial charge in [0.05, 0.1) is 5.56 Å². The minimum absolute atomic E-state index is 0.159. The highest BCUT2D eigenvalue weighted by atomic mass is 32.1. The number of aromatic nitrogens is 2. The van der Waals surface area contributed by atoms with Gasteiger partial charge >= 0.3 is 0 Å². The molecule has 1 atom stereocenters. The van der Waals surface area contributed by atoms with Crippen LogP contribution in [0.15, 0.2) is 24.3 Å². The quantitative estimate of drug-likeness (QED) is 0.818. The number of carbonyl (C=O) groups excluding carboxylic acids is 1. The van der Waals surface area contributed by atoms with Crippen LogP contribution in [0.25, 0.3) is 0 Å². The molecular weight excluding hydrogens is 337 g/mol. The first-order valence-electron chi connectivity index (χ1n) is 9.09. The predicted octanol–water partition coefficient (Wildman–Crippen LogP) is 4.35. The fourth-order valence-electron chi connectivity index (χ4n) is 3.92. The van der Waals surface area contributed by atoms with Gasteiger partial charge in [0.2, 0.25) is 0 Å². The summed E-state index contributed by atoms with van der Waals surface area (Å²) in [6.45, 7) is 1.28. The summed E-state index contributed by atoms with van der Waals surface area (Å²) in [4.78, 5) is 14.4. The molecule has 132 valence electrons. The largest absolute Gasteiger partial charge is 0.338 e. The topological polar surface area (TPSA) is 46.1 Å². The number of rotatable bonds is 3. The van der Waals surface area contributed by atoms with Crippen LogP contribution in [-0.2, 0) is 0 Å². The first kappa shape index (κ1) is 16.6. The average molecular weight is 359 g/mol. The van der Waals surface area contributed by atoms with Crippen LogP contribution < -0.4 is 0 Å². The Kier molecular flexibility index (Phi) is 4.79. The van der Waals surface area contributed by atoms with Crippen LogP contribution in [0.4, 0.5) is 4.39 Å². The van der Waals surface area contributed by atoms with Crippen LogP contribution in [0, 0.1) is 5.82 Å². The fourth-order valence-corrected chi connectivity index (χ4v) is 5.06. The Morgan fingerprint density at radius 3 is 2.48 bits per heavy atom. The van der Waals surface area contributed by atoms with Gasteiger partial charge in [-0.05, 0) is 37.8 Å². The van der Waals surface area contributed by atoms with Gasteiger partial charge in [0.25, 0.3) is 5.91 Å². The highest BCUT2D eigenvalue weighted by Gasteiger charge is 2.30. The molecule has 2 heterocycles. The smallest absolute Gasteiger partial charge is 0.256 e. The number of halogens is 1. The summed E-state index contributed by atoms with van der Waals surface area (Å²) in [5, 5.41) is 11.0. The molecule has 0 radical (unpaired) electrons. The van der Waals surface area contributed by atoms with Gasteiger partial charge in [0.1, 0.15) is 15.8 Å². The van der Waals surface area contributed by atoms with E-state index < -0.39 is 5.82 Å². The molecule has 4 rings (SSSR count). The molecule has 1 unspecified atom stereocenters. The molecule has 0 spiro atoms. The van der Waals surface area contributed by atoms with Crippen LogP contribution in [0.1, 0.15) is 70.7 Å². The van der Waals surface area contributed by atoms with Crippen molar-refractivity contribution < 1.29 is 9.18 Å². The SMILES string of the molecule is O=C(c1ccccc1F)N1CCCC(c2nnc(C3CCCC3)s2)C1. The average Bonchev–Trinajstić information content (AvgIpc) is 3.33. The molecule has 1 aromatic carbocycles. The molecule has 0 N–H and O–H groups in total. The van der Waals surface area contributed by atoms with E-state index in [-0.39, 0.29) is 17.4 Å². The number of piperidine rings is 1. The molecular formula is C19H22FN3OS. The Morgan fingerprint density at radius 2 is 1.72 bits per heavy atom. The van der Waals surface area contributed by atoms with Crippen molar-refractivity contribution in [2.75, 3.05) is 13.1 Å². The van der Waals surface area contributed by atoms with E-state index in [1.54, 1.807) is 34.4 Å². The van der Waals surface area contributed by atoms with E-state index in [1.165, 1.54) is 31.7 Å². The highest BCUT2D eigenvalue weighted by molar-refractivity contribution is 7.11. The number of hydrogen-bond acceptors (Lipinski definition) is 4. The van der Waals surface area contributed by atoms with E-state index in [4.69, 9.17) is 0 Å². The Balaban J connectivity index is 1.47. The normalized spacial score (nSPS) is 21.6. The summed E-state index contributed by atoms with van der Waals surface area (Å²) in [5.74, 6) is 0.125. The van der Waals surface area contributed by atoms with Crippen LogP contribution in [0.5, 0.6) is 0 Å². The molecule has 1 saturated heterocycles. The van der Waals surface area contributed by atoms with Crippen molar-refractivity contribution in [3.8, 4) is 0 Å². The van der Waals surface area contributed by atoms with Crippen LogP contribution in [0.3, 0.4) is 0 Å². The zero-order valence-electron chi connectivity index (χ0n) is 14.2. The fraction of sp³-hybridized carbons (Fsp3) is 0.526. The maximum absolute atomic E-state index is 13.9. The van der Waals surface area contributed by atoms with Crippen LogP contribution in [-0.4, -0.2) is 34.1 Å². The second-order valence-corrected chi connectivity index (χ2v) is 8.07. The summed E-state index contributed by atoms with van der Waals surface area (Å²) in [6, 6.07) is 6.21. The zero-order valence-corrected chi connectivity index (χ0v) is 15.0. The van der Waals surface area contributed by atoms with Gasteiger partial charge in [-0.25, -0.2) is 4.39 Å². The predicted molar refractivity (Wildman–Crippen MR) is 95.4 cm³/mol. The number of carbonyl (C=O) groups is 1. The first-order chi connectivity index (χ1) is 12.2. The third-order valence-corrected chi connectivity index (χ3v) is 6.57. The lowest BCUT2D eigenvalue weighted by molar-refractivity contribution is 0.0702. The number of benzene rings is 1. The maximum atomic E-state index is 13.9. The molecule has 1 amide bonds. The van der Waals surface area contributed by atoms with Crippen LogP contribution in [0.2, 0.25) is 0 Å². The summed E-state index contributed by atoms with van der Waals surface area (Å²) in [5.41, 5.74) is 0.159. The third-order valence-electron chi connectivity index (χ3n) is 5.32. The zero-order chi connectivity index (χ0) is 17.2. The standard InChI is InChI=1S/C19H22FN3OS/c20-16-10-4-3-9-15(16)19(24)23-11-5-8-14(12-23)18-22-21-17(25-18)13-6-1-2-7-13/h3-4,9-10,13-14H,1-2,5-8,11-12H2. The highest BCUT2D eigenvalue weighted by Crippen LogP contribution is 2.38. The number of amides is 1. The van der Waals surface area contributed by atoms with Gasteiger partial charge in [-0.2, -0.15) is 0 Å². The second-order valence-electron chi connectivity index (χ2n) is 7.03. The van der Waals surface area contributed by atoms with Gasteiger partial charge in [-0.3, -0.25) is 4.79 Å². The number of hydrogen-bond donors (Lipinski definition) is 0. The van der Waals surface area contributed by atoms with E-state index in [0.29, 0.717) is 19.0 Å². The summed E-state index contributed by atoms with van der Waals surface area (Å²) in [7, 11) is 0. The Bertz CT molecular complexity index is 757. The maximum Gasteiger partial charge on any atom is 0.256 e. The second kappa shape index (κ2) is 7.20. The van der Waals surface area contributed by atoms with E-state index >= 15 is 0 Å². The van der Waals surface area contributed by atoms with Gasteiger partial charge in [-0.1, -0.05) is 25.0 Å². The molecule has 0 bridgehead atoms. The van der Waals surface area contributed by atoms with Gasteiger partial charge in [-0.15, -0.1) is 21.5 Å². The van der Waals surface area contributed by atoms with Gasteiger partial charge in [0, 0.05) is 24.9 Å². The van der Waals surface area contributed by atoms with Gasteiger partial charge in [0.15, 0.2) is 0 Å². The van der Waals surface area contributed by atoms with Crippen molar-refractivity contribution in [1.82, 2.24) is 15.1 Å². The molecule has 25 heavy (non-hydrogen) atoms. The van der Waals surface area contributed by atoms with E-state index in [1.807, 2.05) is 0 Å². The van der Waals surface area contributed by atoms with Crippen molar-refractivity contribution in [2.45, 2.75) is 50.4 Å². The monoisotopic (exact) mass is 359 g/mol. The third kappa shape index (κ3) is 3.45. The molecule has 6 heteroatoms. The molecule has 2 aromatic rings. The van der Waals surface area contributed by atoms with Crippen LogP contribution >= 0.6 is 11.3 Å². The van der Waals surface area contributed by atoms with Gasteiger partial charge < -0.3 is 4.90 Å². The van der Waals surface area contributed by atoms with Crippen molar-refractivity contribution >= 4 is 17.2 Å². The summed E-state index contributed by atoms with van der Waals surface area (Å²) < 4.78 is 13.9. The summed E-state index contributed by atoms with van der Waals surface area (Å²) in [6.07, 6.45) is 6.94.